The molecular formula is C13H15F3N2O2. The maximum Gasteiger partial charge on any atom is 0.405 e. The van der Waals surface area contributed by atoms with Gasteiger partial charge in [0.25, 0.3) is 5.91 Å². The van der Waals surface area contributed by atoms with Crippen LogP contribution in [-0.4, -0.2) is 31.1 Å². The van der Waals surface area contributed by atoms with Gasteiger partial charge in [0.05, 0.1) is 6.54 Å². The van der Waals surface area contributed by atoms with E-state index in [1.165, 1.54) is 0 Å². The molecule has 0 saturated heterocycles. The van der Waals surface area contributed by atoms with Gasteiger partial charge >= 0.3 is 6.18 Å². The van der Waals surface area contributed by atoms with Crippen molar-refractivity contribution in [2.24, 2.45) is 0 Å². The van der Waals surface area contributed by atoms with Crippen LogP contribution in [0, 0.1) is 13.8 Å². The van der Waals surface area contributed by atoms with Crippen LogP contribution in [0.5, 0.6) is 0 Å². The third-order valence-electron chi connectivity index (χ3n) is 2.38. The number of amides is 2. The Morgan fingerprint density at radius 2 is 1.60 bits per heavy atom. The van der Waals surface area contributed by atoms with Gasteiger partial charge in [-0.1, -0.05) is 17.2 Å². The second-order valence-corrected chi connectivity index (χ2v) is 4.45. The molecule has 7 heteroatoms. The van der Waals surface area contributed by atoms with E-state index in [9.17, 15) is 22.8 Å². The Morgan fingerprint density at radius 1 is 1.05 bits per heavy atom. The number of halogens is 3. The first-order valence-corrected chi connectivity index (χ1v) is 5.87. The SMILES string of the molecule is Cc1cc(C)cc(C(=O)NCC(=O)NCC(F)(F)F)c1. The largest absolute Gasteiger partial charge is 0.405 e. The summed E-state index contributed by atoms with van der Waals surface area (Å²) in [5, 5.41) is 3.94. The van der Waals surface area contributed by atoms with E-state index in [1.807, 2.05) is 19.9 Å². The van der Waals surface area contributed by atoms with E-state index in [0.717, 1.165) is 11.1 Å². The minimum Gasteiger partial charge on any atom is -0.345 e. The summed E-state index contributed by atoms with van der Waals surface area (Å²) in [4.78, 5) is 22.9. The topological polar surface area (TPSA) is 58.2 Å². The Kier molecular flexibility index (Phi) is 5.12. The number of alkyl halides is 3. The average molecular weight is 288 g/mol. The van der Waals surface area contributed by atoms with Crippen LogP contribution >= 0.6 is 0 Å². The van der Waals surface area contributed by atoms with E-state index >= 15 is 0 Å². The molecule has 0 heterocycles. The van der Waals surface area contributed by atoms with Crippen molar-refractivity contribution in [1.29, 1.82) is 0 Å². The number of rotatable bonds is 4. The minimum atomic E-state index is -4.46. The number of benzene rings is 1. The molecule has 2 amide bonds. The summed E-state index contributed by atoms with van der Waals surface area (Å²) in [6, 6.07) is 5.15. The zero-order chi connectivity index (χ0) is 15.3. The van der Waals surface area contributed by atoms with Crippen LogP contribution in [0.1, 0.15) is 21.5 Å². The highest BCUT2D eigenvalue weighted by atomic mass is 19.4. The third kappa shape index (κ3) is 5.73. The Hall–Kier alpha value is -2.05. The Bertz CT molecular complexity index is 493. The lowest BCUT2D eigenvalue weighted by Crippen LogP contribution is -2.40. The number of hydrogen-bond donors (Lipinski definition) is 2. The molecule has 0 aliphatic rings. The number of carbonyl (C=O) groups is 2. The molecule has 0 unspecified atom stereocenters. The summed E-state index contributed by atoms with van der Waals surface area (Å²) in [5.41, 5.74) is 2.14. The van der Waals surface area contributed by atoms with Crippen LogP contribution in [0.25, 0.3) is 0 Å². The zero-order valence-electron chi connectivity index (χ0n) is 11.1. The van der Waals surface area contributed by atoms with Crippen LogP contribution in [-0.2, 0) is 4.79 Å². The molecule has 20 heavy (non-hydrogen) atoms. The highest BCUT2D eigenvalue weighted by Gasteiger charge is 2.27. The smallest absolute Gasteiger partial charge is 0.345 e. The van der Waals surface area contributed by atoms with Crippen LogP contribution in [0.3, 0.4) is 0 Å². The molecule has 0 saturated carbocycles. The fourth-order valence-corrected chi connectivity index (χ4v) is 1.63. The van der Waals surface area contributed by atoms with Crippen molar-refractivity contribution >= 4 is 11.8 Å². The standard InChI is InChI=1S/C13H15F3N2O2/c1-8-3-9(2)5-10(4-8)12(20)17-6-11(19)18-7-13(14,15)16/h3-5H,6-7H2,1-2H3,(H,17,20)(H,18,19). The van der Waals surface area contributed by atoms with Crippen molar-refractivity contribution in [2.45, 2.75) is 20.0 Å². The van der Waals surface area contributed by atoms with E-state index in [1.54, 1.807) is 17.4 Å². The molecule has 0 fully saturated rings. The number of carbonyl (C=O) groups excluding carboxylic acids is 2. The lowest BCUT2D eigenvalue weighted by Gasteiger charge is -2.09. The second-order valence-electron chi connectivity index (χ2n) is 4.45. The van der Waals surface area contributed by atoms with E-state index < -0.39 is 31.1 Å². The van der Waals surface area contributed by atoms with Crippen LogP contribution in [0.15, 0.2) is 18.2 Å². The molecule has 2 N–H and O–H groups in total. The maximum absolute atomic E-state index is 11.9. The molecule has 110 valence electrons. The van der Waals surface area contributed by atoms with Gasteiger partial charge in [-0.3, -0.25) is 9.59 Å². The van der Waals surface area contributed by atoms with Crippen LogP contribution < -0.4 is 10.6 Å². The minimum absolute atomic E-state index is 0.367. The molecule has 1 aromatic rings. The van der Waals surface area contributed by atoms with Crippen molar-refractivity contribution in [2.75, 3.05) is 13.1 Å². The molecular weight excluding hydrogens is 273 g/mol. The summed E-state index contributed by atoms with van der Waals surface area (Å²) < 4.78 is 35.6. The number of aryl methyl sites for hydroxylation is 2. The van der Waals surface area contributed by atoms with Gasteiger partial charge < -0.3 is 10.6 Å². The van der Waals surface area contributed by atoms with E-state index in [0.29, 0.717) is 5.56 Å². The number of hydrogen-bond acceptors (Lipinski definition) is 2. The zero-order valence-corrected chi connectivity index (χ0v) is 11.1. The van der Waals surface area contributed by atoms with E-state index in [4.69, 9.17) is 0 Å². The second kappa shape index (κ2) is 6.40. The Balaban J connectivity index is 2.49. The van der Waals surface area contributed by atoms with E-state index in [2.05, 4.69) is 5.32 Å². The van der Waals surface area contributed by atoms with Crippen LogP contribution in [0.2, 0.25) is 0 Å². The van der Waals surface area contributed by atoms with E-state index in [-0.39, 0.29) is 0 Å². The maximum atomic E-state index is 11.9. The van der Waals surface area contributed by atoms with Gasteiger partial charge in [0.15, 0.2) is 0 Å². The molecule has 1 rings (SSSR count). The molecule has 0 aliphatic carbocycles. The lowest BCUT2D eigenvalue weighted by atomic mass is 10.1. The Labute approximate surface area is 114 Å². The molecule has 4 nitrogen and oxygen atoms in total. The van der Waals surface area contributed by atoms with Crippen molar-refractivity contribution in [1.82, 2.24) is 10.6 Å². The van der Waals surface area contributed by atoms with Crippen molar-refractivity contribution in [3.63, 3.8) is 0 Å². The summed E-state index contributed by atoms with van der Waals surface area (Å²) in [5.74, 6) is -1.39. The fourth-order valence-electron chi connectivity index (χ4n) is 1.63. The third-order valence-corrected chi connectivity index (χ3v) is 2.38. The fraction of sp³-hybridized carbons (Fsp3) is 0.385. The average Bonchev–Trinajstić information content (AvgIpc) is 2.31. The first-order chi connectivity index (χ1) is 9.17. The predicted molar refractivity (Wildman–Crippen MR) is 67.3 cm³/mol. The van der Waals surface area contributed by atoms with Crippen molar-refractivity contribution in [3.05, 3.63) is 34.9 Å². The molecule has 0 spiro atoms. The van der Waals surface area contributed by atoms with Gasteiger partial charge in [0.1, 0.15) is 6.54 Å². The van der Waals surface area contributed by atoms with Gasteiger partial charge in [-0.05, 0) is 26.0 Å². The monoisotopic (exact) mass is 288 g/mol. The normalized spacial score (nSPS) is 11.1. The summed E-state index contributed by atoms with van der Waals surface area (Å²) in [6.07, 6.45) is -4.46. The van der Waals surface area contributed by atoms with Gasteiger partial charge in [-0.15, -0.1) is 0 Å². The predicted octanol–water partition coefficient (Wildman–Crippen LogP) is 1.71. The molecule has 1 aromatic carbocycles. The quantitative estimate of drug-likeness (QED) is 0.886. The summed E-state index contributed by atoms with van der Waals surface area (Å²) >= 11 is 0. The molecule has 0 atom stereocenters. The van der Waals surface area contributed by atoms with Gasteiger partial charge in [0, 0.05) is 5.56 Å². The summed E-state index contributed by atoms with van der Waals surface area (Å²) in [7, 11) is 0. The first kappa shape index (κ1) is 16.0. The molecule has 0 aliphatic heterocycles. The van der Waals surface area contributed by atoms with Crippen molar-refractivity contribution in [3.8, 4) is 0 Å². The van der Waals surface area contributed by atoms with Gasteiger partial charge in [-0.25, -0.2) is 0 Å². The van der Waals surface area contributed by atoms with Crippen molar-refractivity contribution < 1.29 is 22.8 Å². The molecule has 0 radical (unpaired) electrons. The number of nitrogens with one attached hydrogen (secondary N) is 2. The first-order valence-electron chi connectivity index (χ1n) is 5.87. The molecule has 0 aromatic heterocycles. The van der Waals surface area contributed by atoms with Gasteiger partial charge in [0.2, 0.25) is 5.91 Å². The molecule has 0 bridgehead atoms. The highest BCUT2D eigenvalue weighted by Crippen LogP contribution is 2.12. The van der Waals surface area contributed by atoms with Crippen LogP contribution in [0.4, 0.5) is 13.2 Å². The summed E-state index contributed by atoms with van der Waals surface area (Å²) in [6.45, 7) is 1.73. The Morgan fingerprint density at radius 3 is 2.10 bits per heavy atom. The van der Waals surface area contributed by atoms with Gasteiger partial charge in [-0.2, -0.15) is 13.2 Å². The lowest BCUT2D eigenvalue weighted by molar-refractivity contribution is -0.137. The highest BCUT2D eigenvalue weighted by molar-refractivity contribution is 5.96.